The van der Waals surface area contributed by atoms with Crippen LogP contribution in [0.25, 0.3) is 0 Å². The van der Waals surface area contributed by atoms with E-state index < -0.39 is 0 Å². The van der Waals surface area contributed by atoms with Gasteiger partial charge in [-0.3, -0.25) is 4.98 Å². The minimum Gasteiger partial charge on any atom is -0.264 e. The molecule has 1 heterocycles. The highest BCUT2D eigenvalue weighted by Crippen LogP contribution is 2.43. The molecule has 0 aliphatic carbocycles. The van der Waals surface area contributed by atoms with E-state index in [1.807, 2.05) is 24.4 Å². The van der Waals surface area contributed by atoms with E-state index in [0.717, 1.165) is 16.0 Å². The number of hydrogen-bond acceptors (Lipinski definition) is 2. The molecule has 0 saturated heterocycles. The molecule has 0 saturated carbocycles. The molecule has 0 fully saturated rings. The van der Waals surface area contributed by atoms with E-state index in [4.69, 9.17) is 23.2 Å². The third-order valence-electron chi connectivity index (χ3n) is 3.30. The van der Waals surface area contributed by atoms with E-state index in [1.54, 1.807) is 42.2 Å². The second kappa shape index (κ2) is 7.35. The molecule has 0 aliphatic heterocycles. The molecule has 2 aromatic carbocycles. The largest absolute Gasteiger partial charge is 0.264 e. The number of hydrogen-bond donors (Lipinski definition) is 0. The van der Waals surface area contributed by atoms with Crippen molar-refractivity contribution in [3.63, 3.8) is 0 Å². The molecule has 1 nitrogen and oxygen atoms in total. The zero-order valence-corrected chi connectivity index (χ0v) is 14.2. The van der Waals surface area contributed by atoms with Crippen LogP contribution >= 0.6 is 35.0 Å². The Morgan fingerprint density at radius 2 is 1.74 bits per heavy atom. The van der Waals surface area contributed by atoms with Gasteiger partial charge >= 0.3 is 0 Å². The van der Waals surface area contributed by atoms with Gasteiger partial charge in [0.1, 0.15) is 5.82 Å². The van der Waals surface area contributed by atoms with Crippen LogP contribution in [-0.4, -0.2) is 4.98 Å². The molecule has 116 valence electrons. The van der Waals surface area contributed by atoms with Crippen LogP contribution in [0.3, 0.4) is 0 Å². The maximum absolute atomic E-state index is 13.2. The van der Waals surface area contributed by atoms with E-state index in [1.165, 1.54) is 12.1 Å². The topological polar surface area (TPSA) is 12.9 Å². The maximum atomic E-state index is 13.2. The molecular formula is C18H12Cl2FNS. The van der Waals surface area contributed by atoms with Gasteiger partial charge in [-0.2, -0.15) is 0 Å². The highest BCUT2D eigenvalue weighted by Gasteiger charge is 2.17. The van der Waals surface area contributed by atoms with Crippen molar-refractivity contribution in [2.45, 2.75) is 10.1 Å². The average molecular weight is 364 g/mol. The summed E-state index contributed by atoms with van der Waals surface area (Å²) in [6, 6.07) is 15.8. The quantitative estimate of drug-likeness (QED) is 0.496. The first-order valence-electron chi connectivity index (χ1n) is 6.90. The molecule has 0 radical (unpaired) electrons. The van der Waals surface area contributed by atoms with Gasteiger partial charge in [-0.15, -0.1) is 11.8 Å². The van der Waals surface area contributed by atoms with Gasteiger partial charge in [0.05, 0.1) is 10.3 Å². The number of benzene rings is 2. The van der Waals surface area contributed by atoms with Crippen molar-refractivity contribution < 1.29 is 4.39 Å². The summed E-state index contributed by atoms with van der Waals surface area (Å²) >= 11 is 13.8. The zero-order valence-electron chi connectivity index (χ0n) is 11.9. The molecular weight excluding hydrogens is 352 g/mol. The van der Waals surface area contributed by atoms with E-state index >= 15 is 0 Å². The summed E-state index contributed by atoms with van der Waals surface area (Å²) in [7, 11) is 0. The van der Waals surface area contributed by atoms with Crippen molar-refractivity contribution in [3.05, 3.63) is 94.0 Å². The normalized spacial score (nSPS) is 12.1. The van der Waals surface area contributed by atoms with Gasteiger partial charge in [0.25, 0.3) is 0 Å². The molecule has 0 bridgehead atoms. The first-order chi connectivity index (χ1) is 11.1. The summed E-state index contributed by atoms with van der Waals surface area (Å²) in [5, 5.41) is 1.15. The Hall–Kier alpha value is -1.55. The number of rotatable bonds is 4. The van der Waals surface area contributed by atoms with Crippen molar-refractivity contribution in [3.8, 4) is 0 Å². The fraction of sp³-hybridized carbons (Fsp3) is 0.0556. The summed E-state index contributed by atoms with van der Waals surface area (Å²) in [6.45, 7) is 0. The fourth-order valence-corrected chi connectivity index (χ4v) is 3.88. The lowest BCUT2D eigenvalue weighted by atomic mass is 10.1. The fourth-order valence-electron chi connectivity index (χ4n) is 2.19. The van der Waals surface area contributed by atoms with Gasteiger partial charge in [0.15, 0.2) is 0 Å². The average Bonchev–Trinajstić information content (AvgIpc) is 2.56. The Morgan fingerprint density at radius 1 is 0.957 bits per heavy atom. The number of aromatic nitrogens is 1. The van der Waals surface area contributed by atoms with E-state index in [0.29, 0.717) is 10.0 Å². The second-order valence-electron chi connectivity index (χ2n) is 4.91. The van der Waals surface area contributed by atoms with Crippen LogP contribution in [0, 0.1) is 5.82 Å². The number of halogens is 3. The van der Waals surface area contributed by atoms with Gasteiger partial charge in [-0.25, -0.2) is 4.39 Å². The molecule has 3 aromatic rings. The van der Waals surface area contributed by atoms with Crippen LogP contribution in [-0.2, 0) is 0 Å². The molecule has 0 amide bonds. The van der Waals surface area contributed by atoms with Gasteiger partial charge in [-0.05, 0) is 47.5 Å². The van der Waals surface area contributed by atoms with Crippen molar-refractivity contribution in [1.82, 2.24) is 4.98 Å². The van der Waals surface area contributed by atoms with Gasteiger partial charge in [-0.1, -0.05) is 41.4 Å². The van der Waals surface area contributed by atoms with E-state index in [2.05, 4.69) is 4.98 Å². The second-order valence-corrected chi connectivity index (χ2v) is 6.90. The lowest BCUT2D eigenvalue weighted by Gasteiger charge is -2.18. The predicted octanol–water partition coefficient (Wildman–Crippen LogP) is 6.41. The number of thioether (sulfide) groups is 1. The minimum atomic E-state index is -0.256. The number of pyridine rings is 1. The monoisotopic (exact) mass is 363 g/mol. The Kier molecular flexibility index (Phi) is 5.21. The molecule has 0 aliphatic rings. The van der Waals surface area contributed by atoms with Crippen molar-refractivity contribution >= 4 is 35.0 Å². The van der Waals surface area contributed by atoms with Gasteiger partial charge in [0, 0.05) is 22.3 Å². The first kappa shape index (κ1) is 16.3. The predicted molar refractivity (Wildman–Crippen MR) is 94.8 cm³/mol. The van der Waals surface area contributed by atoms with Gasteiger partial charge < -0.3 is 0 Å². The molecule has 3 rings (SSSR count). The Balaban J connectivity index is 2.00. The summed E-state index contributed by atoms with van der Waals surface area (Å²) < 4.78 is 13.2. The molecule has 1 atom stereocenters. The first-order valence-corrected chi connectivity index (χ1v) is 8.54. The van der Waals surface area contributed by atoms with E-state index in [-0.39, 0.29) is 11.1 Å². The molecule has 23 heavy (non-hydrogen) atoms. The Bertz CT molecular complexity index is 794. The third-order valence-corrected chi connectivity index (χ3v) is 5.35. The van der Waals surface area contributed by atoms with Crippen LogP contribution < -0.4 is 0 Å². The van der Waals surface area contributed by atoms with Crippen LogP contribution in [0.15, 0.2) is 71.9 Å². The van der Waals surface area contributed by atoms with Crippen molar-refractivity contribution in [1.29, 1.82) is 0 Å². The summed E-state index contributed by atoms with van der Waals surface area (Å²) in [4.78, 5) is 5.10. The Morgan fingerprint density at radius 3 is 2.39 bits per heavy atom. The van der Waals surface area contributed by atoms with Crippen molar-refractivity contribution in [2.24, 2.45) is 0 Å². The third kappa shape index (κ3) is 4.05. The lowest BCUT2D eigenvalue weighted by molar-refractivity contribution is 0.627. The van der Waals surface area contributed by atoms with Crippen LogP contribution in [0.4, 0.5) is 4.39 Å². The number of nitrogens with zero attached hydrogens (tertiary/aromatic N) is 1. The molecule has 1 aromatic heterocycles. The standard InChI is InChI=1S/C18H12Cl2FNS/c19-14-5-8-17(16(20)10-14)23-18(13-2-1-9-22-11-13)12-3-6-15(21)7-4-12/h1-11,18H. The van der Waals surface area contributed by atoms with E-state index in [9.17, 15) is 4.39 Å². The maximum Gasteiger partial charge on any atom is 0.123 e. The molecule has 0 spiro atoms. The highest BCUT2D eigenvalue weighted by molar-refractivity contribution is 7.99. The lowest BCUT2D eigenvalue weighted by Crippen LogP contribution is -1.98. The summed E-state index contributed by atoms with van der Waals surface area (Å²) in [6.07, 6.45) is 3.54. The SMILES string of the molecule is Fc1ccc(C(Sc2ccc(Cl)cc2Cl)c2cccnc2)cc1. The van der Waals surface area contributed by atoms with Crippen LogP contribution in [0.1, 0.15) is 16.4 Å². The smallest absolute Gasteiger partial charge is 0.123 e. The van der Waals surface area contributed by atoms with Crippen molar-refractivity contribution in [2.75, 3.05) is 0 Å². The molecule has 5 heteroatoms. The Labute approximate surface area is 148 Å². The zero-order chi connectivity index (χ0) is 16.2. The minimum absolute atomic E-state index is 0.0389. The summed E-state index contributed by atoms with van der Waals surface area (Å²) in [5.41, 5.74) is 2.01. The van der Waals surface area contributed by atoms with Crippen LogP contribution in [0.5, 0.6) is 0 Å². The van der Waals surface area contributed by atoms with Gasteiger partial charge in [0.2, 0.25) is 0 Å². The summed E-state index contributed by atoms with van der Waals surface area (Å²) in [5.74, 6) is -0.256. The highest BCUT2D eigenvalue weighted by atomic mass is 35.5. The van der Waals surface area contributed by atoms with Crippen LogP contribution in [0.2, 0.25) is 10.0 Å². The molecule has 0 N–H and O–H groups in total. The molecule has 1 unspecified atom stereocenters.